The molecule has 0 amide bonds. The first-order chi connectivity index (χ1) is 12.1. The molecular weight excluding hydrogens is 308 g/mol. The maximum atomic E-state index is 10.8. The van der Waals surface area contributed by atoms with Crippen LogP contribution < -0.4 is 10.6 Å². The lowest BCUT2D eigenvalue weighted by Crippen LogP contribution is -2.05. The van der Waals surface area contributed by atoms with Gasteiger partial charge in [0.15, 0.2) is 6.29 Å². The highest BCUT2D eigenvalue weighted by Crippen LogP contribution is 2.12. The largest absolute Gasteiger partial charge is 0.394 e. The summed E-state index contributed by atoms with van der Waals surface area (Å²) in [5.74, 6) is 0. The molecule has 0 fully saturated rings. The average molecular weight is 351 g/mol. The highest BCUT2D eigenvalue weighted by atomic mass is 16.1. The van der Waals surface area contributed by atoms with Gasteiger partial charge in [0.05, 0.1) is 0 Å². The van der Waals surface area contributed by atoms with Gasteiger partial charge in [-0.15, -0.1) is 0 Å². The van der Waals surface area contributed by atoms with Gasteiger partial charge in [0, 0.05) is 19.2 Å². The fraction of sp³-hybridized carbons (Fsp3) is 0.591. The Labute approximate surface area is 157 Å². The van der Waals surface area contributed by atoms with Crippen LogP contribution in [0.25, 0.3) is 6.08 Å². The molecule has 2 N–H and O–H groups in total. The van der Waals surface area contributed by atoms with Gasteiger partial charge in [-0.3, -0.25) is 4.79 Å². The molecule has 25 heavy (non-hydrogen) atoms. The first-order valence-corrected chi connectivity index (χ1v) is 9.71. The van der Waals surface area contributed by atoms with Gasteiger partial charge >= 0.3 is 0 Å². The Morgan fingerprint density at radius 2 is 1.40 bits per heavy atom. The van der Waals surface area contributed by atoms with Crippen molar-refractivity contribution in [2.75, 3.05) is 14.1 Å². The van der Waals surface area contributed by atoms with E-state index < -0.39 is 0 Å². The monoisotopic (exact) mass is 350 g/mol. The normalized spacial score (nSPS) is 8.96. The molecule has 0 bridgehead atoms. The summed E-state index contributed by atoms with van der Waals surface area (Å²) >= 11 is 0. The van der Waals surface area contributed by atoms with Crippen LogP contribution in [0.4, 0.5) is 0 Å². The first-order valence-electron chi connectivity index (χ1n) is 9.71. The van der Waals surface area contributed by atoms with Crippen LogP contribution in [0, 0.1) is 0 Å². The lowest BCUT2D eigenvalue weighted by molar-refractivity contribution is 0.112. The van der Waals surface area contributed by atoms with E-state index in [1.54, 1.807) is 0 Å². The number of hydrogen-bond acceptors (Lipinski definition) is 3. The average Bonchev–Trinajstić information content (AvgIpc) is 2.68. The van der Waals surface area contributed by atoms with Gasteiger partial charge < -0.3 is 10.6 Å². The summed E-state index contributed by atoms with van der Waals surface area (Å²) in [6.07, 6.45) is 9.85. The topological polar surface area (TPSA) is 41.1 Å². The van der Waals surface area contributed by atoms with Crippen molar-refractivity contribution in [2.24, 2.45) is 0 Å². The summed E-state index contributed by atoms with van der Waals surface area (Å²) in [5, 5.41) is 5.98. The standard InChI is InChI=1S/C12H16N2O.2C4H10.C2H6/c1-13-6-5-11-7-10(8-14-2)3-4-12(11)9-15;2*1-3-4-2;1-2/h3-7,9,13-14H,8H2,1-2H3;2*3-4H2,1-2H3;1-2H3/b6-5-;;;. The van der Waals surface area contributed by atoms with E-state index in [4.69, 9.17) is 0 Å². The lowest BCUT2D eigenvalue weighted by atomic mass is 10.0. The van der Waals surface area contributed by atoms with Crippen molar-refractivity contribution in [1.29, 1.82) is 0 Å². The zero-order valence-electron chi connectivity index (χ0n) is 17.9. The van der Waals surface area contributed by atoms with E-state index in [0.717, 1.165) is 18.4 Å². The van der Waals surface area contributed by atoms with Gasteiger partial charge in [0.2, 0.25) is 0 Å². The van der Waals surface area contributed by atoms with Crippen LogP contribution in [0.5, 0.6) is 0 Å². The molecule has 3 heteroatoms. The SMILES string of the molecule is CC.CCCC.CCCC.CN/C=C\c1cc(CNC)ccc1C=O. The van der Waals surface area contributed by atoms with Crippen molar-refractivity contribution in [3.05, 3.63) is 41.1 Å². The Bertz CT molecular complexity index is 406. The molecule has 3 nitrogen and oxygen atoms in total. The third-order valence-electron chi connectivity index (χ3n) is 3.09. The van der Waals surface area contributed by atoms with Gasteiger partial charge in [0.25, 0.3) is 0 Å². The second-order valence-corrected chi connectivity index (χ2v) is 5.23. The maximum absolute atomic E-state index is 10.8. The molecule has 0 spiro atoms. The molecule has 0 saturated heterocycles. The van der Waals surface area contributed by atoms with E-state index in [0.29, 0.717) is 5.56 Å². The Hall–Kier alpha value is -1.61. The molecule has 0 aliphatic rings. The van der Waals surface area contributed by atoms with Crippen LogP contribution in [0.1, 0.15) is 88.7 Å². The van der Waals surface area contributed by atoms with E-state index >= 15 is 0 Å². The van der Waals surface area contributed by atoms with Crippen molar-refractivity contribution in [1.82, 2.24) is 10.6 Å². The van der Waals surface area contributed by atoms with Crippen molar-refractivity contribution in [2.45, 2.75) is 73.8 Å². The molecule has 146 valence electrons. The van der Waals surface area contributed by atoms with Gasteiger partial charge in [-0.25, -0.2) is 0 Å². The Morgan fingerprint density at radius 3 is 1.76 bits per heavy atom. The quantitative estimate of drug-likeness (QED) is 0.588. The second kappa shape index (κ2) is 24.6. The molecule has 0 saturated carbocycles. The zero-order valence-corrected chi connectivity index (χ0v) is 17.9. The number of benzene rings is 1. The summed E-state index contributed by atoms with van der Waals surface area (Å²) in [7, 11) is 3.73. The van der Waals surface area contributed by atoms with Gasteiger partial charge in [0.1, 0.15) is 0 Å². The van der Waals surface area contributed by atoms with Crippen molar-refractivity contribution >= 4 is 12.4 Å². The molecule has 0 aliphatic heterocycles. The van der Waals surface area contributed by atoms with E-state index in [1.165, 1.54) is 31.2 Å². The number of carbonyl (C=O) groups excluding carboxylic acids is 1. The summed E-state index contributed by atoms with van der Waals surface area (Å²) in [6, 6.07) is 5.81. The summed E-state index contributed by atoms with van der Waals surface area (Å²) < 4.78 is 0. The first kappa shape index (κ1) is 28.2. The van der Waals surface area contributed by atoms with Gasteiger partial charge in [-0.05, 0) is 36.5 Å². The van der Waals surface area contributed by atoms with Crippen molar-refractivity contribution in [3.63, 3.8) is 0 Å². The third-order valence-corrected chi connectivity index (χ3v) is 3.09. The van der Waals surface area contributed by atoms with Gasteiger partial charge in [-0.1, -0.05) is 79.4 Å². The molecule has 0 atom stereocenters. The van der Waals surface area contributed by atoms with E-state index in [-0.39, 0.29) is 0 Å². The molecule has 0 heterocycles. The number of aldehydes is 1. The van der Waals surface area contributed by atoms with Crippen LogP contribution in [0.15, 0.2) is 24.4 Å². The minimum Gasteiger partial charge on any atom is -0.394 e. The predicted molar refractivity (Wildman–Crippen MR) is 115 cm³/mol. The van der Waals surface area contributed by atoms with Crippen LogP contribution in [0.2, 0.25) is 0 Å². The van der Waals surface area contributed by atoms with E-state index in [9.17, 15) is 4.79 Å². The molecule has 0 aliphatic carbocycles. The minimum absolute atomic E-state index is 0.710. The fourth-order valence-corrected chi connectivity index (χ4v) is 1.36. The number of unbranched alkanes of at least 4 members (excludes halogenated alkanes) is 2. The maximum Gasteiger partial charge on any atom is 0.150 e. The van der Waals surface area contributed by atoms with Gasteiger partial charge in [-0.2, -0.15) is 0 Å². The predicted octanol–water partition coefficient (Wildman–Crippen LogP) is 6.05. The van der Waals surface area contributed by atoms with Crippen molar-refractivity contribution in [3.8, 4) is 0 Å². The highest BCUT2D eigenvalue weighted by molar-refractivity contribution is 5.82. The summed E-state index contributed by atoms with van der Waals surface area (Å²) in [6.45, 7) is 13.5. The van der Waals surface area contributed by atoms with E-state index in [2.05, 4.69) is 38.3 Å². The molecule has 1 rings (SSSR count). The summed E-state index contributed by atoms with van der Waals surface area (Å²) in [5.41, 5.74) is 2.81. The molecule has 1 aromatic carbocycles. The Morgan fingerprint density at radius 1 is 0.880 bits per heavy atom. The van der Waals surface area contributed by atoms with Crippen LogP contribution in [0.3, 0.4) is 0 Å². The number of carbonyl (C=O) groups is 1. The fourth-order valence-electron chi connectivity index (χ4n) is 1.36. The van der Waals surface area contributed by atoms with Crippen LogP contribution >= 0.6 is 0 Å². The zero-order chi connectivity index (χ0) is 19.9. The van der Waals surface area contributed by atoms with Crippen molar-refractivity contribution < 1.29 is 4.79 Å². The number of nitrogens with one attached hydrogen (secondary N) is 2. The highest BCUT2D eigenvalue weighted by Gasteiger charge is 1.99. The Kier molecular flexibility index (Phi) is 27.8. The number of hydrogen-bond donors (Lipinski definition) is 2. The summed E-state index contributed by atoms with van der Waals surface area (Å²) in [4.78, 5) is 10.8. The molecule has 0 radical (unpaired) electrons. The van der Waals surface area contributed by atoms with Crippen LogP contribution in [-0.2, 0) is 6.54 Å². The molecule has 0 unspecified atom stereocenters. The van der Waals surface area contributed by atoms with Crippen LogP contribution in [-0.4, -0.2) is 20.4 Å². The molecule has 1 aromatic rings. The lowest BCUT2D eigenvalue weighted by Gasteiger charge is -2.04. The Balaban J connectivity index is -0.000000402. The third kappa shape index (κ3) is 18.6. The molecular formula is C22H42N2O. The minimum atomic E-state index is 0.710. The molecule has 0 aromatic heterocycles. The number of rotatable bonds is 7. The second-order valence-electron chi connectivity index (χ2n) is 5.23. The van der Waals surface area contributed by atoms with E-state index in [1.807, 2.05) is 58.4 Å². The smallest absolute Gasteiger partial charge is 0.150 e.